The summed E-state index contributed by atoms with van der Waals surface area (Å²) in [5.41, 5.74) is -0.810. The fourth-order valence-electron chi connectivity index (χ4n) is 2.35. The van der Waals surface area contributed by atoms with Gasteiger partial charge in [-0.3, -0.25) is 15.0 Å². The van der Waals surface area contributed by atoms with E-state index in [2.05, 4.69) is 10.2 Å². The van der Waals surface area contributed by atoms with E-state index >= 15 is 0 Å². The number of nitrogens with zero attached hydrogens (tertiary/aromatic N) is 1. The van der Waals surface area contributed by atoms with E-state index in [1.54, 1.807) is 21.1 Å². The Bertz CT molecular complexity index is 302. The molecule has 0 radical (unpaired) electrons. The topological polar surface area (TPSA) is 71.0 Å². The summed E-state index contributed by atoms with van der Waals surface area (Å²) in [6.45, 7) is 5.71. The zero-order valence-corrected chi connectivity index (χ0v) is 13.6. The molecule has 1 rings (SSSR count). The lowest BCUT2D eigenvalue weighted by Crippen LogP contribution is -2.51. The highest BCUT2D eigenvalue weighted by atomic mass is 16.5. The summed E-state index contributed by atoms with van der Waals surface area (Å²) in [6, 6.07) is 0.393. The molecule has 0 spiro atoms. The molecule has 1 atom stereocenters. The van der Waals surface area contributed by atoms with Crippen LogP contribution in [0.5, 0.6) is 0 Å². The fraction of sp³-hybridized carbons (Fsp3) is 0.933. The van der Waals surface area contributed by atoms with Crippen LogP contribution >= 0.6 is 0 Å². The second-order valence-electron chi connectivity index (χ2n) is 5.99. The first kappa shape index (κ1) is 18.4. The molecule has 1 fully saturated rings. The van der Waals surface area contributed by atoms with Gasteiger partial charge in [0.25, 0.3) is 0 Å². The van der Waals surface area contributed by atoms with Gasteiger partial charge in [0.05, 0.1) is 13.2 Å². The van der Waals surface area contributed by atoms with Crippen LogP contribution in [0, 0.1) is 0 Å². The summed E-state index contributed by atoms with van der Waals surface area (Å²) in [5.74, 6) is -0.755. The van der Waals surface area contributed by atoms with Crippen molar-refractivity contribution in [2.45, 2.75) is 44.2 Å². The summed E-state index contributed by atoms with van der Waals surface area (Å²) in [6.07, 6.45) is 3.67. The third-order valence-electron chi connectivity index (χ3n) is 3.95. The molecule has 6 nitrogen and oxygen atoms in total. The van der Waals surface area contributed by atoms with Gasteiger partial charge in [0.1, 0.15) is 5.54 Å². The highest BCUT2D eigenvalue weighted by molar-refractivity contribution is 5.78. The van der Waals surface area contributed by atoms with Gasteiger partial charge in [-0.1, -0.05) is 0 Å². The van der Waals surface area contributed by atoms with Crippen LogP contribution in [0.1, 0.15) is 32.6 Å². The minimum atomic E-state index is -0.810. The van der Waals surface area contributed by atoms with E-state index in [0.717, 1.165) is 38.9 Å². The highest BCUT2D eigenvalue weighted by Crippen LogP contribution is 2.25. The number of carboxylic acids is 1. The van der Waals surface area contributed by atoms with Crippen LogP contribution in [0.15, 0.2) is 0 Å². The molecule has 0 aliphatic heterocycles. The lowest BCUT2D eigenvalue weighted by Gasteiger charge is -2.28. The molecule has 2 N–H and O–H groups in total. The van der Waals surface area contributed by atoms with Gasteiger partial charge >= 0.3 is 5.97 Å². The lowest BCUT2D eigenvalue weighted by atomic mass is 9.95. The van der Waals surface area contributed by atoms with E-state index in [4.69, 9.17) is 9.47 Å². The van der Waals surface area contributed by atoms with Crippen molar-refractivity contribution in [1.29, 1.82) is 0 Å². The molecule has 0 aromatic heterocycles. The van der Waals surface area contributed by atoms with Crippen molar-refractivity contribution in [3.8, 4) is 0 Å². The van der Waals surface area contributed by atoms with Crippen LogP contribution in [-0.4, -0.2) is 74.6 Å². The monoisotopic (exact) mass is 302 g/mol. The molecule has 0 amide bonds. The van der Waals surface area contributed by atoms with Crippen molar-refractivity contribution in [1.82, 2.24) is 10.2 Å². The number of hydrogen-bond donors (Lipinski definition) is 2. The van der Waals surface area contributed by atoms with Crippen molar-refractivity contribution in [3.63, 3.8) is 0 Å². The van der Waals surface area contributed by atoms with Crippen LogP contribution in [0.4, 0.5) is 0 Å². The summed E-state index contributed by atoms with van der Waals surface area (Å²) in [7, 11) is 3.38. The Hall–Kier alpha value is -0.690. The number of hydrogen-bond acceptors (Lipinski definition) is 5. The lowest BCUT2D eigenvalue weighted by molar-refractivity contribution is -0.144. The minimum absolute atomic E-state index is 0.393. The number of aliphatic carboxylic acids is 1. The van der Waals surface area contributed by atoms with Crippen molar-refractivity contribution in [3.05, 3.63) is 0 Å². The van der Waals surface area contributed by atoms with Gasteiger partial charge in [0, 0.05) is 33.4 Å². The number of ether oxygens (including phenoxy) is 2. The first-order valence-electron chi connectivity index (χ1n) is 7.73. The Labute approximate surface area is 127 Å². The standard InChI is InChI=1S/C15H30N2O4/c1-15(14(18)19,16-13-5-6-13)7-4-8-17(9-11-20-2)10-12-21-3/h13,16H,4-12H2,1-3H3,(H,18,19). The molecule has 1 unspecified atom stereocenters. The van der Waals surface area contributed by atoms with Crippen molar-refractivity contribution in [2.24, 2.45) is 0 Å². The molecule has 0 heterocycles. The van der Waals surface area contributed by atoms with Crippen LogP contribution < -0.4 is 5.32 Å². The number of rotatable bonds is 13. The molecule has 1 aliphatic carbocycles. The van der Waals surface area contributed by atoms with Crippen LogP contribution in [-0.2, 0) is 14.3 Å². The Morgan fingerprint density at radius 2 is 1.81 bits per heavy atom. The number of methoxy groups -OCH3 is 2. The van der Waals surface area contributed by atoms with Crippen molar-refractivity contribution >= 4 is 5.97 Å². The molecule has 0 bridgehead atoms. The smallest absolute Gasteiger partial charge is 0.323 e. The van der Waals surface area contributed by atoms with E-state index in [-0.39, 0.29) is 0 Å². The first-order valence-corrected chi connectivity index (χ1v) is 7.73. The van der Waals surface area contributed by atoms with Gasteiger partial charge in [-0.25, -0.2) is 0 Å². The molecule has 1 saturated carbocycles. The van der Waals surface area contributed by atoms with E-state index in [9.17, 15) is 9.90 Å². The molecular formula is C15H30N2O4. The van der Waals surface area contributed by atoms with Gasteiger partial charge in [-0.2, -0.15) is 0 Å². The average molecular weight is 302 g/mol. The average Bonchev–Trinajstić information content (AvgIpc) is 3.24. The predicted octanol–water partition coefficient (Wildman–Crippen LogP) is 0.957. The zero-order valence-electron chi connectivity index (χ0n) is 13.6. The second-order valence-corrected chi connectivity index (χ2v) is 5.99. The summed E-state index contributed by atoms with van der Waals surface area (Å²) in [4.78, 5) is 13.7. The maximum Gasteiger partial charge on any atom is 0.323 e. The second kappa shape index (κ2) is 9.35. The summed E-state index contributed by atoms with van der Waals surface area (Å²) in [5, 5.41) is 12.7. The first-order chi connectivity index (χ1) is 10.0. The van der Waals surface area contributed by atoms with Crippen LogP contribution in [0.2, 0.25) is 0 Å². The largest absolute Gasteiger partial charge is 0.480 e. The molecule has 0 aromatic carbocycles. The Morgan fingerprint density at radius 3 is 2.24 bits per heavy atom. The normalized spacial score (nSPS) is 17.9. The Morgan fingerprint density at radius 1 is 1.24 bits per heavy atom. The molecule has 6 heteroatoms. The summed E-state index contributed by atoms with van der Waals surface area (Å²) >= 11 is 0. The number of carboxylic acid groups (broad SMARTS) is 1. The SMILES string of the molecule is COCCN(CCCC(C)(NC1CC1)C(=O)O)CCOC. The maximum absolute atomic E-state index is 11.5. The molecule has 21 heavy (non-hydrogen) atoms. The molecule has 0 aromatic rings. The molecule has 0 saturated heterocycles. The number of nitrogens with one attached hydrogen (secondary N) is 1. The summed E-state index contributed by atoms with van der Waals surface area (Å²) < 4.78 is 10.2. The van der Waals surface area contributed by atoms with E-state index in [1.807, 2.05) is 0 Å². The van der Waals surface area contributed by atoms with Gasteiger partial charge in [-0.15, -0.1) is 0 Å². The number of carbonyl (C=O) groups is 1. The Balaban J connectivity index is 2.35. The maximum atomic E-state index is 11.5. The molecular weight excluding hydrogens is 272 g/mol. The third-order valence-corrected chi connectivity index (χ3v) is 3.95. The van der Waals surface area contributed by atoms with Crippen LogP contribution in [0.25, 0.3) is 0 Å². The van der Waals surface area contributed by atoms with Gasteiger partial charge in [0.15, 0.2) is 0 Å². The van der Waals surface area contributed by atoms with Gasteiger partial charge < -0.3 is 14.6 Å². The van der Waals surface area contributed by atoms with E-state index < -0.39 is 11.5 Å². The van der Waals surface area contributed by atoms with E-state index in [1.165, 1.54) is 0 Å². The molecule has 124 valence electrons. The minimum Gasteiger partial charge on any atom is -0.480 e. The van der Waals surface area contributed by atoms with Crippen molar-refractivity contribution < 1.29 is 19.4 Å². The van der Waals surface area contributed by atoms with Gasteiger partial charge in [-0.05, 0) is 39.2 Å². The van der Waals surface area contributed by atoms with E-state index in [0.29, 0.717) is 25.7 Å². The predicted molar refractivity (Wildman–Crippen MR) is 81.6 cm³/mol. The van der Waals surface area contributed by atoms with Gasteiger partial charge in [0.2, 0.25) is 0 Å². The fourth-order valence-corrected chi connectivity index (χ4v) is 2.35. The highest BCUT2D eigenvalue weighted by Gasteiger charge is 2.37. The van der Waals surface area contributed by atoms with Crippen molar-refractivity contribution in [2.75, 3.05) is 47.1 Å². The quantitative estimate of drug-likeness (QED) is 0.528. The Kier molecular flexibility index (Phi) is 8.18. The molecule has 1 aliphatic rings. The van der Waals surface area contributed by atoms with Crippen LogP contribution in [0.3, 0.4) is 0 Å². The zero-order chi connectivity index (χ0) is 15.7. The third kappa shape index (κ3) is 7.22.